The molecular weight excluding hydrogens is 593 g/mol. The van der Waals surface area contributed by atoms with Gasteiger partial charge in [-0.25, -0.2) is 8.42 Å². The normalized spacial score (nSPS) is 12.9. The highest BCUT2D eigenvalue weighted by molar-refractivity contribution is 7.92. The molecule has 3 rings (SSSR count). The van der Waals surface area contributed by atoms with Crippen LogP contribution in [0.4, 0.5) is 5.69 Å². The van der Waals surface area contributed by atoms with E-state index in [2.05, 4.69) is 5.32 Å². The van der Waals surface area contributed by atoms with E-state index in [1.165, 1.54) is 23.1 Å². The number of benzene rings is 3. The van der Waals surface area contributed by atoms with Crippen molar-refractivity contribution >= 4 is 62.3 Å². The second-order valence-corrected chi connectivity index (χ2v) is 12.7. The lowest BCUT2D eigenvalue weighted by Gasteiger charge is -2.32. The molecule has 11 heteroatoms. The molecule has 2 unspecified atom stereocenters. The number of hydrogen-bond acceptors (Lipinski definition) is 4. The largest absolute Gasteiger partial charge is 0.352 e. The van der Waals surface area contributed by atoms with Gasteiger partial charge in [0.1, 0.15) is 12.6 Å². The first-order valence-corrected chi connectivity index (χ1v) is 15.3. The number of carbonyl (C=O) groups excluding carboxylic acids is 2. The number of rotatable bonds is 11. The Labute approximate surface area is 251 Å². The van der Waals surface area contributed by atoms with Gasteiger partial charge in [-0.3, -0.25) is 13.9 Å². The molecule has 3 aromatic carbocycles. The van der Waals surface area contributed by atoms with Gasteiger partial charge in [0.2, 0.25) is 11.8 Å². The van der Waals surface area contributed by atoms with Gasteiger partial charge in [-0.05, 0) is 75.2 Å². The summed E-state index contributed by atoms with van der Waals surface area (Å²) in [5.74, 6) is -0.952. The molecule has 3 aromatic rings. The minimum absolute atomic E-state index is 0.00121. The first kappa shape index (κ1) is 31.7. The third-order valence-electron chi connectivity index (χ3n) is 6.49. The molecule has 7 nitrogen and oxygen atoms in total. The lowest BCUT2D eigenvalue weighted by molar-refractivity contribution is -0.139. The van der Waals surface area contributed by atoms with Crippen molar-refractivity contribution < 1.29 is 18.0 Å². The van der Waals surface area contributed by atoms with E-state index in [9.17, 15) is 18.0 Å². The van der Waals surface area contributed by atoms with Crippen LogP contribution in [0, 0.1) is 6.92 Å². The van der Waals surface area contributed by atoms with Crippen molar-refractivity contribution in [2.45, 2.75) is 57.6 Å². The monoisotopic (exact) mass is 623 g/mol. The fourth-order valence-electron chi connectivity index (χ4n) is 3.88. The third-order valence-corrected chi connectivity index (χ3v) is 9.25. The number of carbonyl (C=O) groups is 2. The Kier molecular flexibility index (Phi) is 10.9. The van der Waals surface area contributed by atoms with Crippen molar-refractivity contribution in [3.63, 3.8) is 0 Å². The van der Waals surface area contributed by atoms with E-state index in [0.29, 0.717) is 27.1 Å². The molecule has 0 spiro atoms. The van der Waals surface area contributed by atoms with E-state index >= 15 is 0 Å². The SMILES string of the molecule is CCC(C)NC(=O)C(C)N(Cc1ccc(Cl)c(Cl)c1)C(=O)CN(c1cccc(Cl)c1)S(=O)(=O)c1ccc(C)cc1. The van der Waals surface area contributed by atoms with Crippen LogP contribution in [0.15, 0.2) is 71.6 Å². The van der Waals surface area contributed by atoms with Crippen LogP contribution in [0.1, 0.15) is 38.3 Å². The molecule has 2 atom stereocenters. The third kappa shape index (κ3) is 7.91. The molecule has 0 bridgehead atoms. The van der Waals surface area contributed by atoms with Gasteiger partial charge in [-0.2, -0.15) is 0 Å². The van der Waals surface area contributed by atoms with Crippen molar-refractivity contribution in [2.75, 3.05) is 10.8 Å². The number of aryl methyl sites for hydroxylation is 1. The van der Waals surface area contributed by atoms with E-state index < -0.39 is 28.5 Å². The van der Waals surface area contributed by atoms with Crippen molar-refractivity contribution in [1.29, 1.82) is 0 Å². The molecule has 0 aliphatic carbocycles. The molecule has 0 saturated heterocycles. The summed E-state index contributed by atoms with van der Waals surface area (Å²) < 4.78 is 28.7. The summed E-state index contributed by atoms with van der Waals surface area (Å²) in [7, 11) is -4.18. The van der Waals surface area contributed by atoms with Crippen LogP contribution in [0.25, 0.3) is 0 Å². The van der Waals surface area contributed by atoms with Gasteiger partial charge in [-0.15, -0.1) is 0 Å². The standard InChI is InChI=1S/C29H32Cl3N3O4S/c1-5-20(3)33-29(37)21(4)34(17-22-11-14-26(31)27(32)15-22)28(36)18-35(24-8-6-7-23(30)16-24)40(38,39)25-12-9-19(2)10-13-25/h6-16,20-21H,5,17-18H2,1-4H3,(H,33,37). The predicted molar refractivity (Wildman–Crippen MR) is 162 cm³/mol. The van der Waals surface area contributed by atoms with Gasteiger partial charge in [0.05, 0.1) is 20.6 Å². The average Bonchev–Trinajstić information content (AvgIpc) is 2.91. The van der Waals surface area contributed by atoms with Crippen LogP contribution in [0.2, 0.25) is 15.1 Å². The molecule has 2 amide bonds. The lowest BCUT2D eigenvalue weighted by Crippen LogP contribution is -2.52. The number of halogens is 3. The second-order valence-electron chi connectivity index (χ2n) is 9.57. The molecule has 0 heterocycles. The molecule has 0 radical (unpaired) electrons. The maximum atomic E-state index is 13.9. The first-order valence-electron chi connectivity index (χ1n) is 12.7. The number of nitrogens with one attached hydrogen (secondary N) is 1. The smallest absolute Gasteiger partial charge is 0.264 e. The molecule has 0 saturated carbocycles. The minimum atomic E-state index is -4.18. The minimum Gasteiger partial charge on any atom is -0.352 e. The zero-order valence-electron chi connectivity index (χ0n) is 22.7. The van der Waals surface area contributed by atoms with Crippen molar-refractivity contribution in [1.82, 2.24) is 10.2 Å². The van der Waals surface area contributed by atoms with Gasteiger partial charge in [-0.1, -0.05) is 71.6 Å². The fourth-order valence-corrected chi connectivity index (χ4v) is 5.79. The summed E-state index contributed by atoms with van der Waals surface area (Å²) in [6, 6.07) is 16.5. The van der Waals surface area contributed by atoms with E-state index in [1.807, 2.05) is 20.8 Å². The average molecular weight is 625 g/mol. The Morgan fingerprint density at radius 2 is 1.60 bits per heavy atom. The summed E-state index contributed by atoms with van der Waals surface area (Å²) in [6.45, 7) is 6.68. The Morgan fingerprint density at radius 3 is 2.20 bits per heavy atom. The van der Waals surface area contributed by atoms with Gasteiger partial charge in [0.25, 0.3) is 10.0 Å². The van der Waals surface area contributed by atoms with Gasteiger partial charge < -0.3 is 10.2 Å². The highest BCUT2D eigenvalue weighted by Crippen LogP contribution is 2.28. The van der Waals surface area contributed by atoms with Gasteiger partial charge >= 0.3 is 0 Å². The highest BCUT2D eigenvalue weighted by Gasteiger charge is 2.33. The molecule has 0 aliphatic heterocycles. The van der Waals surface area contributed by atoms with Gasteiger partial charge in [0.15, 0.2) is 0 Å². The van der Waals surface area contributed by atoms with E-state index in [-0.39, 0.29) is 29.1 Å². The Hall–Kier alpha value is -2.78. The summed E-state index contributed by atoms with van der Waals surface area (Å²) in [4.78, 5) is 28.4. The Bertz CT molecular complexity index is 1470. The van der Waals surface area contributed by atoms with Crippen molar-refractivity contribution in [2.24, 2.45) is 0 Å². The molecule has 0 aliphatic rings. The Balaban J connectivity index is 2.04. The van der Waals surface area contributed by atoms with Crippen LogP contribution < -0.4 is 9.62 Å². The van der Waals surface area contributed by atoms with Crippen LogP contribution in [-0.2, 0) is 26.2 Å². The zero-order chi connectivity index (χ0) is 29.6. The first-order chi connectivity index (χ1) is 18.8. The van der Waals surface area contributed by atoms with E-state index in [4.69, 9.17) is 34.8 Å². The summed E-state index contributed by atoms with van der Waals surface area (Å²) in [5, 5.41) is 3.85. The molecule has 1 N–H and O–H groups in total. The summed E-state index contributed by atoms with van der Waals surface area (Å²) in [5.41, 5.74) is 1.73. The second kappa shape index (κ2) is 13.7. The highest BCUT2D eigenvalue weighted by atomic mass is 35.5. The van der Waals surface area contributed by atoms with Crippen LogP contribution in [0.3, 0.4) is 0 Å². The number of sulfonamides is 1. The van der Waals surface area contributed by atoms with Crippen LogP contribution in [0.5, 0.6) is 0 Å². The lowest BCUT2D eigenvalue weighted by atomic mass is 10.1. The van der Waals surface area contributed by atoms with Gasteiger partial charge in [0, 0.05) is 17.6 Å². The number of nitrogens with zero attached hydrogens (tertiary/aromatic N) is 2. The molecule has 214 valence electrons. The van der Waals surface area contributed by atoms with Crippen LogP contribution >= 0.6 is 34.8 Å². The van der Waals surface area contributed by atoms with E-state index in [1.54, 1.807) is 55.5 Å². The topological polar surface area (TPSA) is 86.8 Å². The molecule has 0 fully saturated rings. The fraction of sp³-hybridized carbons (Fsp3) is 0.310. The van der Waals surface area contributed by atoms with Crippen molar-refractivity contribution in [3.05, 3.63) is 92.9 Å². The zero-order valence-corrected chi connectivity index (χ0v) is 25.8. The predicted octanol–water partition coefficient (Wildman–Crippen LogP) is 6.48. The van der Waals surface area contributed by atoms with Crippen molar-refractivity contribution in [3.8, 4) is 0 Å². The Morgan fingerprint density at radius 1 is 0.925 bits per heavy atom. The molecular formula is C29H32Cl3N3O4S. The maximum absolute atomic E-state index is 13.9. The number of anilines is 1. The quantitative estimate of drug-likeness (QED) is 0.265. The number of hydrogen-bond donors (Lipinski definition) is 1. The molecule has 0 aromatic heterocycles. The van der Waals surface area contributed by atoms with E-state index in [0.717, 1.165) is 9.87 Å². The maximum Gasteiger partial charge on any atom is 0.264 e. The summed E-state index contributed by atoms with van der Waals surface area (Å²) >= 11 is 18.5. The number of amides is 2. The van der Waals surface area contributed by atoms with Crippen LogP contribution in [-0.4, -0.2) is 43.8 Å². The molecule has 40 heavy (non-hydrogen) atoms. The summed E-state index contributed by atoms with van der Waals surface area (Å²) in [6.07, 6.45) is 0.705.